The van der Waals surface area contributed by atoms with Crippen LogP contribution in [0.4, 0.5) is 0 Å². The Morgan fingerprint density at radius 1 is 1.75 bits per heavy atom. The number of hydrogen-bond donors (Lipinski definition) is 1. The second-order valence-corrected chi connectivity index (χ2v) is 2.38. The molecule has 0 saturated carbocycles. The van der Waals surface area contributed by atoms with E-state index in [-0.39, 0.29) is 6.54 Å². The summed E-state index contributed by atoms with van der Waals surface area (Å²) in [6.45, 7) is 0.132. The largest absolute Gasteiger partial charge is 0.363 e. The van der Waals surface area contributed by atoms with Gasteiger partial charge in [-0.25, -0.2) is 10.1 Å². The van der Waals surface area contributed by atoms with Gasteiger partial charge in [0.2, 0.25) is 0 Å². The Labute approximate surface area is 75.6 Å². The van der Waals surface area contributed by atoms with Crippen molar-refractivity contribution in [2.24, 2.45) is 16.1 Å². The molecule has 0 atom stereocenters. The molecule has 12 heavy (non-hydrogen) atoms. The lowest BCUT2D eigenvalue weighted by molar-refractivity contribution is -0.485. The molecule has 8 nitrogen and oxygen atoms in total. The number of nitrogens with two attached hydrogens (primary N) is 1. The molecule has 0 aromatic carbocycles. The summed E-state index contributed by atoms with van der Waals surface area (Å²) in [5.41, 5.74) is 5.04. The molecule has 68 valence electrons. The van der Waals surface area contributed by atoms with Gasteiger partial charge in [-0.1, -0.05) is 15.9 Å². The number of rotatable bonds is 4. The van der Waals surface area contributed by atoms with Crippen molar-refractivity contribution in [3.63, 3.8) is 0 Å². The van der Waals surface area contributed by atoms with Crippen molar-refractivity contribution in [2.45, 2.75) is 0 Å². The van der Waals surface area contributed by atoms with Crippen LogP contribution in [-0.4, -0.2) is 27.9 Å². The highest BCUT2D eigenvalue weighted by Crippen LogP contribution is 1.91. The summed E-state index contributed by atoms with van der Waals surface area (Å²) in [4.78, 5) is 19.8. The molecule has 0 rings (SSSR count). The highest BCUT2D eigenvalue weighted by atomic mass is 79.9. The molecule has 0 aromatic rings. The smallest absolute Gasteiger partial charge is 0.291 e. The monoisotopic (exact) mass is 239 g/mol. The normalized spacial score (nSPS) is 10.9. The number of nitrogens with zero attached hydrogens (tertiary/aromatic N) is 4. The van der Waals surface area contributed by atoms with E-state index in [1.54, 1.807) is 0 Å². The summed E-state index contributed by atoms with van der Waals surface area (Å²) in [5, 5.41) is 15.0. The first-order valence-corrected chi connectivity index (χ1v) is 3.89. The van der Waals surface area contributed by atoms with Crippen molar-refractivity contribution in [1.29, 1.82) is 0 Å². The molecule has 0 amide bonds. The standard InChI is InChI=1S/C3H6BrN5O3/c4-1-2-8(7-10)3(5)6-9(11)12/h1-2H2,(H2,5,6). The second-order valence-electron chi connectivity index (χ2n) is 1.59. The number of hydrogen-bond acceptors (Lipinski definition) is 4. The summed E-state index contributed by atoms with van der Waals surface area (Å²) >= 11 is 3.00. The van der Waals surface area contributed by atoms with E-state index in [1.165, 1.54) is 0 Å². The first-order chi connectivity index (χ1) is 5.61. The van der Waals surface area contributed by atoms with Crippen molar-refractivity contribution >= 4 is 21.9 Å². The molecule has 0 heterocycles. The Kier molecular flexibility index (Phi) is 4.84. The van der Waals surface area contributed by atoms with Gasteiger partial charge in [-0.15, -0.1) is 4.91 Å². The van der Waals surface area contributed by atoms with Gasteiger partial charge in [0.05, 0.1) is 11.8 Å². The Morgan fingerprint density at radius 2 is 2.33 bits per heavy atom. The maximum absolute atomic E-state index is 9.99. The van der Waals surface area contributed by atoms with Crippen LogP contribution in [0.15, 0.2) is 10.4 Å². The van der Waals surface area contributed by atoms with Gasteiger partial charge >= 0.3 is 0 Å². The quantitative estimate of drug-likeness (QED) is 0.183. The number of hydrazone groups is 1. The Morgan fingerprint density at radius 3 is 2.67 bits per heavy atom. The molecule has 0 aliphatic heterocycles. The highest BCUT2D eigenvalue weighted by molar-refractivity contribution is 9.09. The lowest BCUT2D eigenvalue weighted by atomic mass is 10.7. The molecule has 0 radical (unpaired) electrons. The Hall–Kier alpha value is -1.25. The molecule has 0 fully saturated rings. The van der Waals surface area contributed by atoms with Crippen molar-refractivity contribution < 1.29 is 5.03 Å². The van der Waals surface area contributed by atoms with Gasteiger partial charge in [0.15, 0.2) is 5.03 Å². The Balaban J connectivity index is 4.29. The van der Waals surface area contributed by atoms with Crippen molar-refractivity contribution in [3.8, 4) is 0 Å². The molecular formula is C3H6BrN5O3. The minimum Gasteiger partial charge on any atom is -0.363 e. The topological polar surface area (TPSA) is 114 Å². The zero-order valence-electron chi connectivity index (χ0n) is 5.88. The van der Waals surface area contributed by atoms with Crippen LogP contribution in [0.3, 0.4) is 0 Å². The van der Waals surface area contributed by atoms with Gasteiger partial charge < -0.3 is 5.73 Å². The number of alkyl halides is 1. The van der Waals surface area contributed by atoms with Crippen LogP contribution < -0.4 is 5.73 Å². The van der Waals surface area contributed by atoms with Crippen LogP contribution in [0.5, 0.6) is 0 Å². The predicted octanol–water partition coefficient (Wildman–Crippen LogP) is -0.129. The number of guanidine groups is 1. The molecule has 2 N–H and O–H groups in total. The minimum atomic E-state index is -0.998. The summed E-state index contributed by atoms with van der Waals surface area (Å²) in [6, 6.07) is 0. The number of halogens is 1. The van der Waals surface area contributed by atoms with Crippen LogP contribution in [-0.2, 0) is 0 Å². The molecule has 0 spiro atoms. The molecule has 0 unspecified atom stereocenters. The van der Waals surface area contributed by atoms with Gasteiger partial charge in [-0.3, -0.25) is 0 Å². The maximum atomic E-state index is 9.99. The van der Waals surface area contributed by atoms with Crippen molar-refractivity contribution in [1.82, 2.24) is 5.01 Å². The van der Waals surface area contributed by atoms with Gasteiger partial charge in [-0.2, -0.15) is 5.01 Å². The van der Waals surface area contributed by atoms with E-state index >= 15 is 0 Å². The van der Waals surface area contributed by atoms with E-state index in [4.69, 9.17) is 5.73 Å². The van der Waals surface area contributed by atoms with E-state index in [2.05, 4.69) is 26.3 Å². The number of nitro groups is 1. The minimum absolute atomic E-state index is 0.132. The van der Waals surface area contributed by atoms with Crippen LogP contribution in [0.25, 0.3) is 0 Å². The highest BCUT2D eigenvalue weighted by Gasteiger charge is 2.10. The first kappa shape index (κ1) is 10.8. The van der Waals surface area contributed by atoms with E-state index in [0.29, 0.717) is 10.3 Å². The molecule has 0 aliphatic carbocycles. The third-order valence-electron chi connectivity index (χ3n) is 0.843. The summed E-state index contributed by atoms with van der Waals surface area (Å²) < 4.78 is 0. The van der Waals surface area contributed by atoms with Crippen LogP contribution in [0.1, 0.15) is 0 Å². The van der Waals surface area contributed by atoms with Gasteiger partial charge in [0.25, 0.3) is 5.96 Å². The lowest BCUT2D eigenvalue weighted by Gasteiger charge is -2.08. The second kappa shape index (κ2) is 5.41. The predicted molar refractivity (Wildman–Crippen MR) is 44.9 cm³/mol. The molecule has 0 bridgehead atoms. The third kappa shape index (κ3) is 3.81. The zero-order valence-corrected chi connectivity index (χ0v) is 7.47. The summed E-state index contributed by atoms with van der Waals surface area (Å²) in [7, 11) is 0. The fourth-order valence-electron chi connectivity index (χ4n) is 0.413. The average molecular weight is 240 g/mol. The van der Waals surface area contributed by atoms with Crippen LogP contribution in [0.2, 0.25) is 0 Å². The average Bonchev–Trinajstić information content (AvgIpc) is 1.98. The van der Waals surface area contributed by atoms with Crippen LogP contribution in [0, 0.1) is 15.0 Å². The van der Waals surface area contributed by atoms with Crippen molar-refractivity contribution in [3.05, 3.63) is 15.0 Å². The summed E-state index contributed by atoms with van der Waals surface area (Å²) in [6.07, 6.45) is 0. The fraction of sp³-hybridized carbons (Fsp3) is 0.667. The SMILES string of the molecule is N/C(=N/[N+](=O)[O-])N(CCBr)N=O. The maximum Gasteiger partial charge on any atom is 0.291 e. The molecule has 0 aromatic heterocycles. The van der Waals surface area contributed by atoms with E-state index in [9.17, 15) is 15.0 Å². The van der Waals surface area contributed by atoms with Gasteiger partial charge in [0, 0.05) is 5.33 Å². The van der Waals surface area contributed by atoms with Crippen molar-refractivity contribution in [2.75, 3.05) is 11.9 Å². The molecular weight excluding hydrogens is 234 g/mol. The van der Waals surface area contributed by atoms with E-state index < -0.39 is 11.0 Å². The Bertz CT molecular complexity index is 206. The van der Waals surface area contributed by atoms with Crippen LogP contribution >= 0.6 is 15.9 Å². The lowest BCUT2D eigenvalue weighted by Crippen LogP contribution is -2.34. The molecule has 9 heteroatoms. The van der Waals surface area contributed by atoms with Gasteiger partial charge in [0.1, 0.15) is 5.10 Å². The summed E-state index contributed by atoms with van der Waals surface area (Å²) in [5.74, 6) is -0.533. The van der Waals surface area contributed by atoms with E-state index in [1.807, 2.05) is 0 Å². The molecule has 0 saturated heterocycles. The first-order valence-electron chi connectivity index (χ1n) is 2.77. The van der Waals surface area contributed by atoms with Gasteiger partial charge in [-0.05, 0) is 0 Å². The molecule has 0 aliphatic rings. The zero-order chi connectivity index (χ0) is 9.56. The third-order valence-corrected chi connectivity index (χ3v) is 1.20. The fourth-order valence-corrected chi connectivity index (χ4v) is 0.748. The number of nitroso groups, excluding NO2 is 1. The van der Waals surface area contributed by atoms with E-state index in [0.717, 1.165) is 0 Å².